The minimum atomic E-state index is -0.0311. The summed E-state index contributed by atoms with van der Waals surface area (Å²) in [6.07, 6.45) is 8.41. The topological polar surface area (TPSA) is 74.5 Å². The van der Waals surface area contributed by atoms with Crippen molar-refractivity contribution in [1.82, 2.24) is 24.3 Å². The predicted molar refractivity (Wildman–Crippen MR) is 94.4 cm³/mol. The van der Waals surface area contributed by atoms with Crippen LogP contribution in [0.4, 0.5) is 0 Å². The molecule has 1 saturated carbocycles. The maximum atomic E-state index is 12.8. The summed E-state index contributed by atoms with van der Waals surface area (Å²) in [7, 11) is 1.98. The van der Waals surface area contributed by atoms with Crippen molar-refractivity contribution < 1.29 is 9.90 Å². The molecule has 7 nitrogen and oxygen atoms in total. The van der Waals surface area contributed by atoms with Crippen molar-refractivity contribution in [3.8, 4) is 0 Å². The Morgan fingerprint density at radius 1 is 1.28 bits per heavy atom. The average Bonchev–Trinajstić information content (AvgIpc) is 3.30. The molecular weight excluding hydrogens is 318 g/mol. The largest absolute Gasteiger partial charge is 0.395 e. The van der Waals surface area contributed by atoms with E-state index >= 15 is 0 Å². The molecule has 25 heavy (non-hydrogen) atoms. The number of fused-ring (bicyclic) bond motifs is 1. The number of carbonyl (C=O) groups excluding carboxylic acids is 1. The highest BCUT2D eigenvalue weighted by molar-refractivity contribution is 5.96. The van der Waals surface area contributed by atoms with Crippen LogP contribution < -0.4 is 0 Å². The molecular formula is C18H25N5O2. The number of aliphatic hydroxyl groups is 1. The van der Waals surface area contributed by atoms with Gasteiger partial charge in [-0.25, -0.2) is 9.97 Å². The van der Waals surface area contributed by atoms with Crippen LogP contribution in [-0.4, -0.2) is 74.7 Å². The molecule has 0 radical (unpaired) electrons. The number of piperazine rings is 1. The van der Waals surface area contributed by atoms with Gasteiger partial charge in [-0.2, -0.15) is 0 Å². The summed E-state index contributed by atoms with van der Waals surface area (Å²) in [5.41, 5.74) is 2.23. The average molecular weight is 343 g/mol. The van der Waals surface area contributed by atoms with Gasteiger partial charge in [-0.15, -0.1) is 0 Å². The van der Waals surface area contributed by atoms with Crippen LogP contribution in [0.3, 0.4) is 0 Å². The Balaban J connectivity index is 1.56. The maximum Gasteiger partial charge on any atom is 0.255 e. The molecule has 1 amide bonds. The number of hydrogen-bond donors (Lipinski definition) is 1. The fourth-order valence-electron chi connectivity index (χ4n) is 4.00. The van der Waals surface area contributed by atoms with E-state index in [1.165, 1.54) is 25.7 Å². The van der Waals surface area contributed by atoms with Gasteiger partial charge in [-0.05, 0) is 26.0 Å². The van der Waals surface area contributed by atoms with Gasteiger partial charge >= 0.3 is 0 Å². The number of aliphatic hydroxyl groups excluding tert-OH is 1. The van der Waals surface area contributed by atoms with E-state index in [4.69, 9.17) is 0 Å². The molecule has 7 heteroatoms. The Labute approximate surface area is 147 Å². The summed E-state index contributed by atoms with van der Waals surface area (Å²) in [4.78, 5) is 25.7. The number of imidazole rings is 1. The number of carbonyl (C=O) groups is 1. The molecule has 2 aliphatic rings. The van der Waals surface area contributed by atoms with Crippen LogP contribution in [0.5, 0.6) is 0 Å². The Bertz CT molecular complexity index is 768. The predicted octanol–water partition coefficient (Wildman–Crippen LogP) is 1.29. The minimum absolute atomic E-state index is 0.00374. The molecule has 2 fully saturated rings. The Kier molecular flexibility index (Phi) is 4.43. The van der Waals surface area contributed by atoms with E-state index < -0.39 is 0 Å². The van der Waals surface area contributed by atoms with E-state index in [1.54, 1.807) is 11.1 Å². The smallest absolute Gasteiger partial charge is 0.255 e. The number of likely N-dealkylation sites (N-methyl/N-ethyl adjacent to an activating group) is 1. The van der Waals surface area contributed by atoms with Gasteiger partial charge in [0.25, 0.3) is 5.91 Å². The Morgan fingerprint density at radius 2 is 2.08 bits per heavy atom. The lowest BCUT2D eigenvalue weighted by molar-refractivity contribution is 0.0421. The van der Waals surface area contributed by atoms with E-state index in [0.717, 1.165) is 17.7 Å². The van der Waals surface area contributed by atoms with Crippen LogP contribution in [0.1, 0.15) is 42.1 Å². The van der Waals surface area contributed by atoms with Gasteiger partial charge in [0.2, 0.25) is 0 Å². The van der Waals surface area contributed by atoms with Crippen molar-refractivity contribution >= 4 is 17.1 Å². The van der Waals surface area contributed by atoms with E-state index in [2.05, 4.69) is 19.4 Å². The molecule has 1 N–H and O–H groups in total. The number of pyridine rings is 1. The molecule has 2 aromatic heterocycles. The van der Waals surface area contributed by atoms with Gasteiger partial charge in [-0.1, -0.05) is 12.8 Å². The molecule has 1 saturated heterocycles. The number of amides is 1. The standard InChI is InChI=1S/C18H25N5O2/c1-21-6-7-22(10-15(21)11-24)18(25)13-8-16-17(19-9-13)23(12-20-16)14-4-2-3-5-14/h8-9,12,14-15,24H,2-7,10-11H2,1H3. The zero-order valence-corrected chi connectivity index (χ0v) is 14.6. The van der Waals surface area contributed by atoms with Crippen molar-refractivity contribution in [1.29, 1.82) is 0 Å². The number of aromatic nitrogens is 3. The van der Waals surface area contributed by atoms with Crippen LogP contribution in [0, 0.1) is 0 Å². The summed E-state index contributed by atoms with van der Waals surface area (Å²) in [6.45, 7) is 2.03. The highest BCUT2D eigenvalue weighted by Gasteiger charge is 2.28. The van der Waals surface area contributed by atoms with Crippen LogP contribution in [0.2, 0.25) is 0 Å². The summed E-state index contributed by atoms with van der Waals surface area (Å²) in [6, 6.07) is 2.33. The van der Waals surface area contributed by atoms with Crippen molar-refractivity contribution in [3.05, 3.63) is 24.2 Å². The second-order valence-corrected chi connectivity index (χ2v) is 7.23. The van der Waals surface area contributed by atoms with Gasteiger partial charge < -0.3 is 14.6 Å². The van der Waals surface area contributed by atoms with Gasteiger partial charge in [-0.3, -0.25) is 9.69 Å². The fourth-order valence-corrected chi connectivity index (χ4v) is 4.00. The summed E-state index contributed by atoms with van der Waals surface area (Å²) in [5.74, 6) is -0.0311. The van der Waals surface area contributed by atoms with E-state index in [9.17, 15) is 9.90 Å². The summed E-state index contributed by atoms with van der Waals surface area (Å²) in [5, 5.41) is 9.47. The molecule has 4 rings (SSSR count). The zero-order valence-electron chi connectivity index (χ0n) is 14.6. The fraction of sp³-hybridized carbons (Fsp3) is 0.611. The third kappa shape index (κ3) is 3.02. The van der Waals surface area contributed by atoms with E-state index in [0.29, 0.717) is 24.7 Å². The highest BCUT2D eigenvalue weighted by atomic mass is 16.3. The first-order chi connectivity index (χ1) is 12.2. The molecule has 1 unspecified atom stereocenters. The Hall–Kier alpha value is -1.99. The second-order valence-electron chi connectivity index (χ2n) is 7.23. The van der Waals surface area contributed by atoms with Crippen molar-refractivity contribution in [2.45, 2.75) is 37.8 Å². The van der Waals surface area contributed by atoms with Crippen LogP contribution >= 0.6 is 0 Å². The van der Waals surface area contributed by atoms with Crippen LogP contribution in [0.25, 0.3) is 11.2 Å². The zero-order chi connectivity index (χ0) is 17.4. The maximum absolute atomic E-state index is 12.8. The third-order valence-corrected chi connectivity index (χ3v) is 5.65. The quantitative estimate of drug-likeness (QED) is 0.909. The molecule has 0 aromatic carbocycles. The second kappa shape index (κ2) is 6.72. The van der Waals surface area contributed by atoms with Crippen molar-refractivity contribution in [2.75, 3.05) is 33.3 Å². The molecule has 1 atom stereocenters. The van der Waals surface area contributed by atoms with E-state index in [-0.39, 0.29) is 18.6 Å². The summed E-state index contributed by atoms with van der Waals surface area (Å²) < 4.78 is 2.16. The lowest BCUT2D eigenvalue weighted by atomic mass is 10.1. The van der Waals surface area contributed by atoms with Gasteiger partial charge in [0.15, 0.2) is 5.65 Å². The lowest BCUT2D eigenvalue weighted by Crippen LogP contribution is -2.54. The first-order valence-electron chi connectivity index (χ1n) is 9.10. The minimum Gasteiger partial charge on any atom is -0.395 e. The Morgan fingerprint density at radius 3 is 2.84 bits per heavy atom. The first kappa shape index (κ1) is 16.5. The van der Waals surface area contributed by atoms with Gasteiger partial charge in [0, 0.05) is 31.9 Å². The third-order valence-electron chi connectivity index (χ3n) is 5.65. The molecule has 1 aliphatic carbocycles. The van der Waals surface area contributed by atoms with Crippen molar-refractivity contribution in [2.24, 2.45) is 0 Å². The van der Waals surface area contributed by atoms with Gasteiger partial charge in [0.1, 0.15) is 5.52 Å². The van der Waals surface area contributed by atoms with Gasteiger partial charge in [0.05, 0.1) is 24.5 Å². The normalized spacial score (nSPS) is 22.8. The van der Waals surface area contributed by atoms with Crippen LogP contribution in [0.15, 0.2) is 18.6 Å². The number of nitrogens with zero attached hydrogens (tertiary/aromatic N) is 5. The van der Waals surface area contributed by atoms with E-state index in [1.807, 2.05) is 19.4 Å². The monoisotopic (exact) mass is 343 g/mol. The molecule has 1 aliphatic heterocycles. The number of rotatable bonds is 3. The number of hydrogen-bond acceptors (Lipinski definition) is 5. The molecule has 2 aromatic rings. The van der Waals surface area contributed by atoms with Crippen molar-refractivity contribution in [3.63, 3.8) is 0 Å². The molecule has 134 valence electrons. The highest BCUT2D eigenvalue weighted by Crippen LogP contribution is 2.31. The lowest BCUT2D eigenvalue weighted by Gasteiger charge is -2.38. The SMILES string of the molecule is CN1CCN(C(=O)c2cnc3c(c2)ncn3C2CCCC2)CC1CO. The molecule has 3 heterocycles. The molecule has 0 bridgehead atoms. The summed E-state index contributed by atoms with van der Waals surface area (Å²) >= 11 is 0. The van der Waals surface area contributed by atoms with Crippen LogP contribution in [-0.2, 0) is 0 Å². The first-order valence-corrected chi connectivity index (χ1v) is 9.10. The molecule has 0 spiro atoms.